The number of para-hydroxylation sites is 2. The van der Waals surface area contributed by atoms with Crippen LogP contribution in [-0.4, -0.2) is 41.7 Å². The van der Waals surface area contributed by atoms with Gasteiger partial charge in [0.2, 0.25) is 0 Å². The molecule has 0 atom stereocenters. The Morgan fingerprint density at radius 3 is 2.67 bits per heavy atom. The zero-order valence-corrected chi connectivity index (χ0v) is 12.8. The highest BCUT2D eigenvalue weighted by molar-refractivity contribution is 5.72. The number of aromatic nitrogens is 1. The van der Waals surface area contributed by atoms with Crippen molar-refractivity contribution >= 4 is 11.1 Å². The summed E-state index contributed by atoms with van der Waals surface area (Å²) in [4.78, 5) is 14.4. The molecule has 1 aliphatic heterocycles. The molecule has 1 aliphatic rings. The monoisotopic (exact) mass is 289 g/mol. The van der Waals surface area contributed by atoms with Gasteiger partial charge in [0.15, 0.2) is 5.58 Å². The smallest absolute Gasteiger partial charge is 0.408 e. The fraction of sp³-hybridized carbons (Fsp3) is 0.562. The van der Waals surface area contributed by atoms with Gasteiger partial charge in [-0.15, -0.1) is 0 Å². The van der Waals surface area contributed by atoms with Gasteiger partial charge >= 0.3 is 5.76 Å². The van der Waals surface area contributed by atoms with Crippen LogP contribution in [-0.2, 0) is 6.54 Å². The Kier molecular flexibility index (Phi) is 3.87. The molecule has 1 aromatic heterocycles. The Morgan fingerprint density at radius 1 is 1.24 bits per heavy atom. The van der Waals surface area contributed by atoms with E-state index >= 15 is 0 Å². The highest BCUT2D eigenvalue weighted by atomic mass is 16.4. The minimum Gasteiger partial charge on any atom is -0.408 e. The van der Waals surface area contributed by atoms with Gasteiger partial charge in [-0.25, -0.2) is 4.79 Å². The number of oxazole rings is 1. The second-order valence-electron chi connectivity index (χ2n) is 6.14. The summed E-state index contributed by atoms with van der Waals surface area (Å²) < 4.78 is 7.01. The number of piperidine rings is 1. The Balaban J connectivity index is 1.65. The van der Waals surface area contributed by atoms with Gasteiger partial charge in [-0.2, -0.15) is 0 Å². The van der Waals surface area contributed by atoms with E-state index in [9.17, 15) is 4.79 Å². The van der Waals surface area contributed by atoms with Crippen LogP contribution in [0.2, 0.25) is 0 Å². The lowest BCUT2D eigenvalue weighted by atomic mass is 9.90. The Morgan fingerprint density at radius 2 is 1.95 bits per heavy atom. The van der Waals surface area contributed by atoms with E-state index in [1.54, 1.807) is 4.57 Å². The van der Waals surface area contributed by atoms with Crippen LogP contribution in [0.25, 0.3) is 11.1 Å². The molecular formula is C16H23N3O2. The molecule has 2 aromatic rings. The zero-order chi connectivity index (χ0) is 14.9. The van der Waals surface area contributed by atoms with Crippen LogP contribution in [0, 0.1) is 0 Å². The van der Waals surface area contributed by atoms with Crippen molar-refractivity contribution in [3.05, 3.63) is 34.8 Å². The first-order valence-electron chi connectivity index (χ1n) is 7.61. The molecule has 1 aromatic carbocycles. The van der Waals surface area contributed by atoms with E-state index < -0.39 is 0 Å². The molecule has 1 saturated heterocycles. The number of benzene rings is 1. The summed E-state index contributed by atoms with van der Waals surface area (Å²) in [5.41, 5.74) is 1.82. The average Bonchev–Trinajstić information content (AvgIpc) is 2.82. The predicted molar refractivity (Wildman–Crippen MR) is 83.6 cm³/mol. The van der Waals surface area contributed by atoms with E-state index in [-0.39, 0.29) is 11.3 Å². The maximum atomic E-state index is 11.9. The van der Waals surface area contributed by atoms with Crippen LogP contribution in [0.15, 0.2) is 33.5 Å². The third kappa shape index (κ3) is 2.89. The molecule has 1 N–H and O–H groups in total. The Hall–Kier alpha value is -1.59. The van der Waals surface area contributed by atoms with Crippen LogP contribution in [0.3, 0.4) is 0 Å². The number of likely N-dealkylation sites (tertiary alicyclic amines) is 1. The van der Waals surface area contributed by atoms with Crippen molar-refractivity contribution in [2.75, 3.05) is 26.7 Å². The minimum atomic E-state index is -0.256. The molecule has 2 heterocycles. The van der Waals surface area contributed by atoms with Crippen molar-refractivity contribution < 1.29 is 4.42 Å². The van der Waals surface area contributed by atoms with Crippen molar-refractivity contribution in [3.8, 4) is 0 Å². The normalized spacial score (nSPS) is 19.1. The maximum absolute atomic E-state index is 11.9. The highest BCUT2D eigenvalue weighted by Crippen LogP contribution is 2.21. The molecule has 3 rings (SSSR count). The van der Waals surface area contributed by atoms with Crippen LogP contribution < -0.4 is 11.1 Å². The summed E-state index contributed by atoms with van der Waals surface area (Å²) >= 11 is 0. The van der Waals surface area contributed by atoms with Crippen LogP contribution in [0.1, 0.15) is 19.8 Å². The first-order chi connectivity index (χ1) is 10.1. The second kappa shape index (κ2) is 5.66. The minimum absolute atomic E-state index is 0.256. The molecule has 0 bridgehead atoms. The fourth-order valence-electron chi connectivity index (χ4n) is 2.99. The third-order valence-electron chi connectivity index (χ3n) is 4.78. The molecule has 5 nitrogen and oxygen atoms in total. The van der Waals surface area contributed by atoms with Gasteiger partial charge in [-0.05, 0) is 52.0 Å². The zero-order valence-electron chi connectivity index (χ0n) is 12.8. The molecule has 0 spiro atoms. The van der Waals surface area contributed by atoms with Crippen LogP contribution >= 0.6 is 0 Å². The molecule has 0 unspecified atom stereocenters. The largest absolute Gasteiger partial charge is 0.419 e. The molecule has 0 amide bonds. The molecule has 5 heteroatoms. The van der Waals surface area contributed by atoms with E-state index in [0.29, 0.717) is 12.1 Å². The van der Waals surface area contributed by atoms with E-state index in [1.165, 1.54) is 0 Å². The average molecular weight is 289 g/mol. The van der Waals surface area contributed by atoms with Crippen LogP contribution in [0.5, 0.6) is 0 Å². The van der Waals surface area contributed by atoms with Gasteiger partial charge in [0.25, 0.3) is 0 Å². The standard InChI is InChI=1S/C16H23N3O2/c1-16(17-2)7-9-18(10-8-16)11-12-19-13-5-3-4-6-14(13)21-15(19)20/h3-6,17H,7-12H2,1-2H3. The predicted octanol–water partition coefficient (Wildman–Crippen LogP) is 1.67. The van der Waals surface area contributed by atoms with E-state index in [1.807, 2.05) is 31.3 Å². The summed E-state index contributed by atoms with van der Waals surface area (Å²) in [5, 5.41) is 3.41. The van der Waals surface area contributed by atoms with Gasteiger partial charge < -0.3 is 14.6 Å². The molecular weight excluding hydrogens is 266 g/mol. The number of nitrogens with one attached hydrogen (secondary N) is 1. The van der Waals surface area contributed by atoms with Gasteiger partial charge in [0.05, 0.1) is 5.52 Å². The summed E-state index contributed by atoms with van der Waals surface area (Å²) in [6.45, 7) is 6.00. The number of nitrogens with zero attached hydrogens (tertiary/aromatic N) is 2. The number of hydrogen-bond donors (Lipinski definition) is 1. The molecule has 0 aliphatic carbocycles. The molecule has 114 valence electrons. The number of hydrogen-bond acceptors (Lipinski definition) is 4. The lowest BCUT2D eigenvalue weighted by Crippen LogP contribution is -2.50. The first kappa shape index (κ1) is 14.4. The first-order valence-corrected chi connectivity index (χ1v) is 7.61. The Labute approximate surface area is 124 Å². The van der Waals surface area contributed by atoms with Crippen molar-refractivity contribution in [3.63, 3.8) is 0 Å². The van der Waals surface area contributed by atoms with Crippen LogP contribution in [0.4, 0.5) is 0 Å². The molecule has 21 heavy (non-hydrogen) atoms. The SMILES string of the molecule is CNC1(C)CCN(CCn2c(=O)oc3ccccc32)CC1. The maximum Gasteiger partial charge on any atom is 0.419 e. The summed E-state index contributed by atoms with van der Waals surface area (Å²) in [6, 6.07) is 7.60. The number of rotatable bonds is 4. The summed E-state index contributed by atoms with van der Waals surface area (Å²) in [6.07, 6.45) is 2.29. The highest BCUT2D eigenvalue weighted by Gasteiger charge is 2.28. The van der Waals surface area contributed by atoms with Crippen molar-refractivity contribution in [1.29, 1.82) is 0 Å². The lowest BCUT2D eigenvalue weighted by molar-refractivity contribution is 0.148. The van der Waals surface area contributed by atoms with Crippen molar-refractivity contribution in [1.82, 2.24) is 14.8 Å². The number of fused-ring (bicyclic) bond motifs is 1. The quantitative estimate of drug-likeness (QED) is 0.930. The van der Waals surface area contributed by atoms with Gasteiger partial charge in [0, 0.05) is 18.6 Å². The van der Waals surface area contributed by atoms with Gasteiger partial charge in [-0.3, -0.25) is 4.57 Å². The van der Waals surface area contributed by atoms with Crippen molar-refractivity contribution in [2.24, 2.45) is 0 Å². The van der Waals surface area contributed by atoms with Gasteiger partial charge in [-0.1, -0.05) is 12.1 Å². The molecule has 0 saturated carbocycles. The fourth-order valence-corrected chi connectivity index (χ4v) is 2.99. The third-order valence-corrected chi connectivity index (χ3v) is 4.78. The summed E-state index contributed by atoms with van der Waals surface area (Å²) in [5.74, 6) is -0.256. The van der Waals surface area contributed by atoms with E-state index in [4.69, 9.17) is 4.42 Å². The molecule has 1 fully saturated rings. The topological polar surface area (TPSA) is 50.4 Å². The Bertz CT molecular complexity index is 665. The van der Waals surface area contributed by atoms with E-state index in [2.05, 4.69) is 17.1 Å². The van der Waals surface area contributed by atoms with E-state index in [0.717, 1.165) is 38.0 Å². The van der Waals surface area contributed by atoms with Crippen molar-refractivity contribution in [2.45, 2.75) is 31.8 Å². The summed E-state index contributed by atoms with van der Waals surface area (Å²) in [7, 11) is 2.03. The lowest BCUT2D eigenvalue weighted by Gasteiger charge is -2.39. The molecule has 0 radical (unpaired) electrons. The second-order valence-corrected chi connectivity index (χ2v) is 6.14. The van der Waals surface area contributed by atoms with Gasteiger partial charge in [0.1, 0.15) is 0 Å².